The Bertz CT molecular complexity index is 497. The number of hydrogen-bond donors (Lipinski definition) is 0. The van der Waals surface area contributed by atoms with Gasteiger partial charge in [0, 0.05) is 11.6 Å². The SMILES string of the molecule is C=C(C)C(=O)Oc1ccc(C=CC(=O)OCC)cc1. The third-order valence-electron chi connectivity index (χ3n) is 2.14. The molecule has 1 aromatic rings. The Balaban J connectivity index is 2.64. The molecule has 0 aliphatic carbocycles. The van der Waals surface area contributed by atoms with E-state index in [-0.39, 0.29) is 5.97 Å². The van der Waals surface area contributed by atoms with E-state index < -0.39 is 5.97 Å². The van der Waals surface area contributed by atoms with Gasteiger partial charge in [-0.2, -0.15) is 0 Å². The van der Waals surface area contributed by atoms with Crippen molar-refractivity contribution in [1.29, 1.82) is 0 Å². The summed E-state index contributed by atoms with van der Waals surface area (Å²) in [6, 6.07) is 6.75. The minimum atomic E-state index is -0.463. The van der Waals surface area contributed by atoms with Crippen molar-refractivity contribution < 1.29 is 19.1 Å². The lowest BCUT2D eigenvalue weighted by Crippen LogP contribution is -2.07. The molecule has 0 aromatic heterocycles. The van der Waals surface area contributed by atoms with E-state index >= 15 is 0 Å². The van der Waals surface area contributed by atoms with Gasteiger partial charge in [-0.3, -0.25) is 0 Å². The number of carbonyl (C=O) groups is 2. The molecule has 0 unspecified atom stereocenters. The van der Waals surface area contributed by atoms with Gasteiger partial charge in [0.15, 0.2) is 0 Å². The fourth-order valence-corrected chi connectivity index (χ4v) is 1.20. The van der Waals surface area contributed by atoms with Crippen LogP contribution in [-0.2, 0) is 14.3 Å². The molecule has 4 heteroatoms. The van der Waals surface area contributed by atoms with Crippen molar-refractivity contribution in [2.75, 3.05) is 6.61 Å². The van der Waals surface area contributed by atoms with E-state index in [1.54, 1.807) is 44.2 Å². The molecule has 0 aliphatic heterocycles. The van der Waals surface area contributed by atoms with Gasteiger partial charge in [-0.25, -0.2) is 9.59 Å². The number of benzene rings is 1. The summed E-state index contributed by atoms with van der Waals surface area (Å²) in [6.07, 6.45) is 2.97. The summed E-state index contributed by atoms with van der Waals surface area (Å²) >= 11 is 0. The zero-order valence-electron chi connectivity index (χ0n) is 11.0. The second kappa shape index (κ2) is 7.16. The molecule has 0 atom stereocenters. The normalized spacial score (nSPS) is 10.2. The largest absolute Gasteiger partial charge is 0.463 e. The van der Waals surface area contributed by atoms with Crippen molar-refractivity contribution in [3.05, 3.63) is 48.1 Å². The van der Waals surface area contributed by atoms with Gasteiger partial charge >= 0.3 is 11.9 Å². The van der Waals surface area contributed by atoms with Crippen LogP contribution in [0.5, 0.6) is 5.75 Å². The molecule has 4 nitrogen and oxygen atoms in total. The molecule has 0 saturated heterocycles. The highest BCUT2D eigenvalue weighted by molar-refractivity contribution is 5.89. The van der Waals surface area contributed by atoms with Crippen LogP contribution in [0.4, 0.5) is 0 Å². The monoisotopic (exact) mass is 260 g/mol. The van der Waals surface area contributed by atoms with Crippen molar-refractivity contribution in [1.82, 2.24) is 0 Å². The Morgan fingerprint density at radius 2 is 1.89 bits per heavy atom. The first-order chi connectivity index (χ1) is 9.02. The van der Waals surface area contributed by atoms with Gasteiger partial charge in [0.05, 0.1) is 6.61 Å². The first kappa shape index (κ1) is 14.7. The first-order valence-corrected chi connectivity index (χ1v) is 5.85. The van der Waals surface area contributed by atoms with E-state index in [0.29, 0.717) is 17.9 Å². The Morgan fingerprint density at radius 3 is 2.42 bits per heavy atom. The second-order valence-corrected chi connectivity index (χ2v) is 3.82. The Hall–Kier alpha value is -2.36. The lowest BCUT2D eigenvalue weighted by molar-refractivity contribution is -0.137. The number of ether oxygens (including phenoxy) is 2. The molecule has 0 N–H and O–H groups in total. The van der Waals surface area contributed by atoms with Crippen LogP contribution in [0.3, 0.4) is 0 Å². The number of hydrogen-bond acceptors (Lipinski definition) is 4. The molecule has 0 aliphatic rings. The Kier molecular flexibility index (Phi) is 5.54. The molecule has 0 amide bonds. The van der Waals surface area contributed by atoms with Crippen LogP contribution < -0.4 is 4.74 Å². The number of esters is 2. The molecule has 1 aromatic carbocycles. The van der Waals surface area contributed by atoms with Crippen molar-refractivity contribution >= 4 is 18.0 Å². The second-order valence-electron chi connectivity index (χ2n) is 3.82. The molecule has 0 heterocycles. The van der Waals surface area contributed by atoms with E-state index in [2.05, 4.69) is 6.58 Å². The van der Waals surface area contributed by atoms with Gasteiger partial charge in [0.2, 0.25) is 0 Å². The highest BCUT2D eigenvalue weighted by atomic mass is 16.5. The summed E-state index contributed by atoms with van der Waals surface area (Å²) < 4.78 is 9.80. The molecule has 1 rings (SSSR count). The summed E-state index contributed by atoms with van der Waals surface area (Å²) in [4.78, 5) is 22.4. The highest BCUT2D eigenvalue weighted by Crippen LogP contribution is 2.14. The highest BCUT2D eigenvalue weighted by Gasteiger charge is 2.04. The summed E-state index contributed by atoms with van der Waals surface area (Å²) in [5.74, 6) is -0.420. The predicted octanol–water partition coefficient (Wildman–Crippen LogP) is 2.74. The summed E-state index contributed by atoms with van der Waals surface area (Å²) in [6.45, 7) is 7.17. The number of carbonyl (C=O) groups excluding carboxylic acids is 2. The van der Waals surface area contributed by atoms with Crippen molar-refractivity contribution in [3.8, 4) is 5.75 Å². The van der Waals surface area contributed by atoms with E-state index in [1.807, 2.05) is 0 Å². The molecular formula is C15H16O4. The van der Waals surface area contributed by atoms with Crippen LogP contribution in [-0.4, -0.2) is 18.5 Å². The maximum atomic E-state index is 11.3. The average Bonchev–Trinajstić information content (AvgIpc) is 2.38. The molecule has 19 heavy (non-hydrogen) atoms. The quantitative estimate of drug-likeness (QED) is 0.464. The summed E-state index contributed by atoms with van der Waals surface area (Å²) in [5, 5.41) is 0. The summed E-state index contributed by atoms with van der Waals surface area (Å²) in [5.41, 5.74) is 1.15. The maximum Gasteiger partial charge on any atom is 0.338 e. The third-order valence-corrected chi connectivity index (χ3v) is 2.14. The topological polar surface area (TPSA) is 52.6 Å². The molecule has 0 spiro atoms. The minimum absolute atomic E-state index is 0.339. The Morgan fingerprint density at radius 1 is 1.26 bits per heavy atom. The van der Waals surface area contributed by atoms with Crippen LogP contribution >= 0.6 is 0 Å². The minimum Gasteiger partial charge on any atom is -0.463 e. The molecule has 0 saturated carbocycles. The molecule has 0 radical (unpaired) electrons. The van der Waals surface area contributed by atoms with Gasteiger partial charge in [0.1, 0.15) is 5.75 Å². The molecular weight excluding hydrogens is 244 g/mol. The first-order valence-electron chi connectivity index (χ1n) is 5.85. The van der Waals surface area contributed by atoms with Crippen molar-refractivity contribution in [2.45, 2.75) is 13.8 Å². The molecule has 0 bridgehead atoms. The average molecular weight is 260 g/mol. The Labute approximate surface area is 112 Å². The summed E-state index contributed by atoms with van der Waals surface area (Å²) in [7, 11) is 0. The zero-order chi connectivity index (χ0) is 14.3. The van der Waals surface area contributed by atoms with E-state index in [0.717, 1.165) is 5.56 Å². The smallest absolute Gasteiger partial charge is 0.338 e. The van der Waals surface area contributed by atoms with Gasteiger partial charge in [0.25, 0.3) is 0 Å². The van der Waals surface area contributed by atoms with Gasteiger partial charge in [-0.15, -0.1) is 0 Å². The lowest BCUT2D eigenvalue weighted by atomic mass is 10.2. The maximum absolute atomic E-state index is 11.3. The van der Waals surface area contributed by atoms with Crippen LogP contribution in [0.1, 0.15) is 19.4 Å². The zero-order valence-corrected chi connectivity index (χ0v) is 11.0. The molecule has 0 fully saturated rings. The van der Waals surface area contributed by atoms with E-state index in [1.165, 1.54) is 6.08 Å². The van der Waals surface area contributed by atoms with Crippen molar-refractivity contribution in [3.63, 3.8) is 0 Å². The molecule has 100 valence electrons. The van der Waals surface area contributed by atoms with Crippen LogP contribution in [0.15, 0.2) is 42.5 Å². The standard InChI is InChI=1S/C15H16O4/c1-4-18-14(16)10-7-12-5-8-13(9-6-12)19-15(17)11(2)3/h5-10H,2,4H2,1,3H3. The van der Waals surface area contributed by atoms with Crippen LogP contribution in [0, 0.1) is 0 Å². The third kappa shape index (κ3) is 5.21. The number of rotatable bonds is 5. The van der Waals surface area contributed by atoms with Crippen LogP contribution in [0.25, 0.3) is 6.08 Å². The fraction of sp³-hybridized carbons (Fsp3) is 0.200. The van der Waals surface area contributed by atoms with Crippen LogP contribution in [0.2, 0.25) is 0 Å². The van der Waals surface area contributed by atoms with E-state index in [9.17, 15) is 9.59 Å². The van der Waals surface area contributed by atoms with Crippen molar-refractivity contribution in [2.24, 2.45) is 0 Å². The predicted molar refractivity (Wildman–Crippen MR) is 72.6 cm³/mol. The van der Waals surface area contributed by atoms with E-state index in [4.69, 9.17) is 9.47 Å². The van der Waals surface area contributed by atoms with Gasteiger partial charge in [-0.1, -0.05) is 18.7 Å². The van der Waals surface area contributed by atoms with Gasteiger partial charge in [-0.05, 0) is 37.6 Å². The lowest BCUT2D eigenvalue weighted by Gasteiger charge is -2.03. The van der Waals surface area contributed by atoms with Gasteiger partial charge < -0.3 is 9.47 Å². The fourth-order valence-electron chi connectivity index (χ4n) is 1.20.